The van der Waals surface area contributed by atoms with E-state index in [1.807, 2.05) is 45.2 Å². The molecule has 1 aromatic rings. The SMILES string of the molecule is CCOCCN(C)CCC(=O)c1ccc(C)cc1. The number of hydrogen-bond donors (Lipinski definition) is 0. The second kappa shape index (κ2) is 8.01. The number of hydrogen-bond acceptors (Lipinski definition) is 3. The molecule has 18 heavy (non-hydrogen) atoms. The van der Waals surface area contributed by atoms with Crippen LogP contribution in [0, 0.1) is 6.92 Å². The molecule has 0 aliphatic rings. The van der Waals surface area contributed by atoms with Crippen molar-refractivity contribution in [2.45, 2.75) is 20.3 Å². The Hall–Kier alpha value is -1.19. The van der Waals surface area contributed by atoms with E-state index in [2.05, 4.69) is 4.90 Å². The number of Topliss-reactive ketones (excluding diaryl/α,β-unsaturated/α-hetero) is 1. The van der Waals surface area contributed by atoms with Gasteiger partial charge in [-0.2, -0.15) is 0 Å². The summed E-state index contributed by atoms with van der Waals surface area (Å²) in [5.74, 6) is 0.207. The Morgan fingerprint density at radius 3 is 2.50 bits per heavy atom. The molecule has 0 radical (unpaired) electrons. The summed E-state index contributed by atoms with van der Waals surface area (Å²) in [7, 11) is 2.02. The molecule has 0 saturated heterocycles. The summed E-state index contributed by atoms with van der Waals surface area (Å²) in [6, 6.07) is 7.76. The largest absolute Gasteiger partial charge is 0.380 e. The van der Waals surface area contributed by atoms with Gasteiger partial charge in [-0.3, -0.25) is 4.79 Å². The van der Waals surface area contributed by atoms with Crippen LogP contribution in [0.15, 0.2) is 24.3 Å². The number of nitrogens with zero attached hydrogens (tertiary/aromatic N) is 1. The first kappa shape index (κ1) is 14.9. The van der Waals surface area contributed by atoms with Crippen molar-refractivity contribution >= 4 is 5.78 Å². The fraction of sp³-hybridized carbons (Fsp3) is 0.533. The zero-order valence-corrected chi connectivity index (χ0v) is 11.6. The minimum Gasteiger partial charge on any atom is -0.380 e. The van der Waals surface area contributed by atoms with Gasteiger partial charge in [0.2, 0.25) is 0 Å². The van der Waals surface area contributed by atoms with Gasteiger partial charge in [0.1, 0.15) is 0 Å². The van der Waals surface area contributed by atoms with Crippen LogP contribution in [0.4, 0.5) is 0 Å². The first-order valence-corrected chi connectivity index (χ1v) is 6.49. The first-order valence-electron chi connectivity index (χ1n) is 6.49. The highest BCUT2D eigenvalue weighted by atomic mass is 16.5. The van der Waals surface area contributed by atoms with Gasteiger partial charge in [0.15, 0.2) is 5.78 Å². The van der Waals surface area contributed by atoms with Crippen LogP contribution < -0.4 is 0 Å². The highest BCUT2D eigenvalue weighted by Crippen LogP contribution is 2.06. The Morgan fingerprint density at radius 1 is 1.22 bits per heavy atom. The van der Waals surface area contributed by atoms with Crippen LogP contribution in [0.25, 0.3) is 0 Å². The smallest absolute Gasteiger partial charge is 0.164 e. The van der Waals surface area contributed by atoms with Gasteiger partial charge in [0.25, 0.3) is 0 Å². The van der Waals surface area contributed by atoms with Gasteiger partial charge in [-0.05, 0) is 20.9 Å². The van der Waals surface area contributed by atoms with Crippen molar-refractivity contribution < 1.29 is 9.53 Å². The molecule has 0 heterocycles. The fourth-order valence-electron chi connectivity index (χ4n) is 1.65. The lowest BCUT2D eigenvalue weighted by molar-refractivity contribution is 0.0946. The molecule has 0 unspecified atom stereocenters. The monoisotopic (exact) mass is 249 g/mol. The van der Waals surface area contributed by atoms with Gasteiger partial charge < -0.3 is 9.64 Å². The average molecular weight is 249 g/mol. The minimum absolute atomic E-state index is 0.207. The lowest BCUT2D eigenvalue weighted by Gasteiger charge is -2.15. The molecule has 0 aromatic heterocycles. The van der Waals surface area contributed by atoms with Gasteiger partial charge >= 0.3 is 0 Å². The maximum Gasteiger partial charge on any atom is 0.164 e. The van der Waals surface area contributed by atoms with Crippen LogP contribution in [0.1, 0.15) is 29.3 Å². The van der Waals surface area contributed by atoms with E-state index in [1.165, 1.54) is 5.56 Å². The number of carbonyl (C=O) groups is 1. The molecule has 0 aliphatic heterocycles. The predicted octanol–water partition coefficient (Wildman–Crippen LogP) is 2.54. The van der Waals surface area contributed by atoms with Crippen molar-refractivity contribution in [2.75, 3.05) is 33.4 Å². The molecule has 0 atom stereocenters. The third kappa shape index (κ3) is 5.43. The van der Waals surface area contributed by atoms with E-state index in [9.17, 15) is 4.79 Å². The van der Waals surface area contributed by atoms with E-state index >= 15 is 0 Å². The van der Waals surface area contributed by atoms with Crippen LogP contribution in [0.5, 0.6) is 0 Å². The Labute approximate surface area is 110 Å². The first-order chi connectivity index (χ1) is 8.63. The van der Waals surface area contributed by atoms with Gasteiger partial charge in [0, 0.05) is 31.7 Å². The van der Waals surface area contributed by atoms with E-state index < -0.39 is 0 Å². The van der Waals surface area contributed by atoms with Crippen molar-refractivity contribution in [1.29, 1.82) is 0 Å². The zero-order chi connectivity index (χ0) is 13.4. The molecule has 0 saturated carbocycles. The van der Waals surface area contributed by atoms with Crippen molar-refractivity contribution in [2.24, 2.45) is 0 Å². The molecule has 1 aromatic carbocycles. The second-order valence-corrected chi connectivity index (χ2v) is 4.54. The Bertz CT molecular complexity index is 359. The third-order valence-electron chi connectivity index (χ3n) is 2.92. The molecule has 0 N–H and O–H groups in total. The summed E-state index contributed by atoms with van der Waals surface area (Å²) in [6.45, 7) is 7.13. The normalized spacial score (nSPS) is 10.9. The molecule has 3 heteroatoms. The number of aryl methyl sites for hydroxylation is 1. The van der Waals surface area contributed by atoms with E-state index in [1.54, 1.807) is 0 Å². The summed E-state index contributed by atoms with van der Waals surface area (Å²) in [6.07, 6.45) is 0.561. The van der Waals surface area contributed by atoms with Crippen molar-refractivity contribution in [3.05, 3.63) is 35.4 Å². The molecule has 0 spiro atoms. The highest BCUT2D eigenvalue weighted by molar-refractivity contribution is 5.96. The van der Waals surface area contributed by atoms with Crippen LogP contribution in [0.2, 0.25) is 0 Å². The minimum atomic E-state index is 0.207. The Balaban J connectivity index is 2.30. The molecule has 3 nitrogen and oxygen atoms in total. The summed E-state index contributed by atoms with van der Waals surface area (Å²) in [4.78, 5) is 14.1. The second-order valence-electron chi connectivity index (χ2n) is 4.54. The van der Waals surface area contributed by atoms with Gasteiger partial charge in [-0.25, -0.2) is 0 Å². The van der Waals surface area contributed by atoms with Crippen molar-refractivity contribution in [3.8, 4) is 0 Å². The van der Waals surface area contributed by atoms with Crippen LogP contribution >= 0.6 is 0 Å². The quantitative estimate of drug-likeness (QED) is 0.524. The summed E-state index contributed by atoms with van der Waals surface area (Å²) in [5, 5.41) is 0. The number of benzene rings is 1. The van der Waals surface area contributed by atoms with E-state index in [4.69, 9.17) is 4.74 Å². The molecule has 100 valence electrons. The van der Waals surface area contributed by atoms with E-state index in [0.717, 1.165) is 31.9 Å². The van der Waals surface area contributed by atoms with E-state index in [-0.39, 0.29) is 5.78 Å². The summed E-state index contributed by atoms with van der Waals surface area (Å²) < 4.78 is 5.28. The predicted molar refractivity (Wildman–Crippen MR) is 74.1 cm³/mol. The van der Waals surface area contributed by atoms with Gasteiger partial charge in [-0.15, -0.1) is 0 Å². The van der Waals surface area contributed by atoms with Gasteiger partial charge in [0.05, 0.1) is 6.61 Å². The van der Waals surface area contributed by atoms with Crippen LogP contribution in [-0.2, 0) is 4.74 Å². The number of likely N-dealkylation sites (N-methyl/N-ethyl adjacent to an activating group) is 1. The lowest BCUT2D eigenvalue weighted by Crippen LogP contribution is -2.26. The number of rotatable bonds is 8. The molecule has 1 rings (SSSR count). The number of carbonyl (C=O) groups excluding carboxylic acids is 1. The van der Waals surface area contributed by atoms with Crippen molar-refractivity contribution in [1.82, 2.24) is 4.90 Å². The van der Waals surface area contributed by atoms with Gasteiger partial charge in [-0.1, -0.05) is 29.8 Å². The molecule has 0 bridgehead atoms. The Kier molecular flexibility index (Phi) is 6.61. The van der Waals surface area contributed by atoms with Crippen LogP contribution in [0.3, 0.4) is 0 Å². The maximum atomic E-state index is 11.9. The van der Waals surface area contributed by atoms with E-state index in [0.29, 0.717) is 6.42 Å². The summed E-state index contributed by atoms with van der Waals surface area (Å²) >= 11 is 0. The summed E-state index contributed by atoms with van der Waals surface area (Å²) in [5.41, 5.74) is 1.99. The maximum absolute atomic E-state index is 11.9. The molecular weight excluding hydrogens is 226 g/mol. The highest BCUT2D eigenvalue weighted by Gasteiger charge is 2.07. The fourth-order valence-corrected chi connectivity index (χ4v) is 1.65. The molecule has 0 amide bonds. The third-order valence-corrected chi connectivity index (χ3v) is 2.92. The molecule has 0 aliphatic carbocycles. The zero-order valence-electron chi connectivity index (χ0n) is 11.6. The number of ether oxygens (including phenoxy) is 1. The molecule has 0 fully saturated rings. The van der Waals surface area contributed by atoms with Crippen molar-refractivity contribution in [3.63, 3.8) is 0 Å². The Morgan fingerprint density at radius 2 is 1.89 bits per heavy atom. The van der Waals surface area contributed by atoms with Crippen LogP contribution in [-0.4, -0.2) is 44.0 Å². The molecular formula is C15H23NO2. The topological polar surface area (TPSA) is 29.5 Å². The standard InChI is InChI=1S/C15H23NO2/c1-4-18-12-11-16(3)10-9-15(17)14-7-5-13(2)6-8-14/h5-8H,4,9-12H2,1-3H3. The average Bonchev–Trinajstić information content (AvgIpc) is 2.37. The number of ketones is 1. The lowest BCUT2D eigenvalue weighted by atomic mass is 10.1.